The summed E-state index contributed by atoms with van der Waals surface area (Å²) >= 11 is 0. The number of amides is 2. The molecule has 0 aromatic rings. The molecule has 1 fully saturated rings. The highest BCUT2D eigenvalue weighted by atomic mass is 16.3. The molecule has 1 rings (SSSR count). The highest BCUT2D eigenvalue weighted by Gasteiger charge is 2.41. The number of aliphatic hydroxyl groups is 1. The molecule has 0 aromatic carbocycles. The van der Waals surface area contributed by atoms with Gasteiger partial charge in [-0.3, -0.25) is 0 Å². The van der Waals surface area contributed by atoms with Gasteiger partial charge in [-0.15, -0.1) is 0 Å². The maximum Gasteiger partial charge on any atom is 0.317 e. The van der Waals surface area contributed by atoms with Crippen LogP contribution in [0.25, 0.3) is 0 Å². The summed E-state index contributed by atoms with van der Waals surface area (Å²) in [6, 6.07) is -0.286. The summed E-state index contributed by atoms with van der Waals surface area (Å²) in [4.78, 5) is 10.9. The molecule has 4 nitrogen and oxygen atoms in total. The lowest BCUT2D eigenvalue weighted by Gasteiger charge is -2.28. The summed E-state index contributed by atoms with van der Waals surface area (Å²) in [7, 11) is 0. The van der Waals surface area contributed by atoms with E-state index in [1.165, 1.54) is 0 Å². The van der Waals surface area contributed by atoms with Gasteiger partial charge < -0.3 is 15.7 Å². The van der Waals surface area contributed by atoms with Crippen molar-refractivity contribution in [2.45, 2.75) is 39.0 Å². The van der Waals surface area contributed by atoms with E-state index >= 15 is 0 Å². The van der Waals surface area contributed by atoms with Crippen LogP contribution in [0.3, 0.4) is 0 Å². The van der Waals surface area contributed by atoms with Crippen molar-refractivity contribution in [2.24, 2.45) is 5.92 Å². The number of hydrogen-bond acceptors (Lipinski definition) is 2. The van der Waals surface area contributed by atoms with E-state index < -0.39 is 11.8 Å². The first-order valence-electron chi connectivity index (χ1n) is 4.21. The standard InChI is InChI=1S/C8H16N2O2/c1-5(2)4-8(3)6(11)9-7(12)10-8/h5-6,11H,4H2,1-3H3,(H2,9,10,12). The van der Waals surface area contributed by atoms with Crippen LogP contribution in [-0.2, 0) is 0 Å². The monoisotopic (exact) mass is 172 g/mol. The maximum atomic E-state index is 10.9. The molecule has 0 aliphatic carbocycles. The number of hydrogen-bond donors (Lipinski definition) is 3. The molecule has 1 saturated heterocycles. The first kappa shape index (κ1) is 9.32. The zero-order valence-corrected chi connectivity index (χ0v) is 7.72. The highest BCUT2D eigenvalue weighted by molar-refractivity contribution is 5.77. The van der Waals surface area contributed by atoms with Crippen molar-refractivity contribution in [1.29, 1.82) is 0 Å². The summed E-state index contributed by atoms with van der Waals surface area (Å²) in [6.07, 6.45) is -0.000185. The number of carbonyl (C=O) groups is 1. The number of urea groups is 1. The van der Waals surface area contributed by atoms with Gasteiger partial charge in [0.15, 0.2) is 6.23 Å². The van der Waals surface area contributed by atoms with Gasteiger partial charge in [0, 0.05) is 0 Å². The van der Waals surface area contributed by atoms with Crippen LogP contribution in [-0.4, -0.2) is 22.9 Å². The molecule has 12 heavy (non-hydrogen) atoms. The molecule has 4 heteroatoms. The largest absolute Gasteiger partial charge is 0.371 e. The Morgan fingerprint density at radius 3 is 2.58 bits per heavy atom. The molecule has 2 amide bonds. The van der Waals surface area contributed by atoms with E-state index in [-0.39, 0.29) is 6.03 Å². The number of nitrogens with one attached hydrogen (secondary N) is 2. The molecular formula is C8H16N2O2. The van der Waals surface area contributed by atoms with Gasteiger partial charge in [-0.2, -0.15) is 0 Å². The van der Waals surface area contributed by atoms with Crippen molar-refractivity contribution >= 4 is 6.03 Å². The van der Waals surface area contributed by atoms with Crippen LogP contribution in [0.1, 0.15) is 27.2 Å². The van der Waals surface area contributed by atoms with Crippen LogP contribution >= 0.6 is 0 Å². The van der Waals surface area contributed by atoms with E-state index in [2.05, 4.69) is 24.5 Å². The summed E-state index contributed by atoms with van der Waals surface area (Å²) in [6.45, 7) is 5.96. The summed E-state index contributed by atoms with van der Waals surface area (Å²) in [5.74, 6) is 0.449. The van der Waals surface area contributed by atoms with Crippen LogP contribution < -0.4 is 10.6 Å². The third-order valence-electron chi connectivity index (χ3n) is 2.10. The molecule has 0 saturated carbocycles. The van der Waals surface area contributed by atoms with Crippen molar-refractivity contribution in [2.75, 3.05) is 0 Å². The zero-order chi connectivity index (χ0) is 9.35. The molecule has 2 atom stereocenters. The first-order valence-corrected chi connectivity index (χ1v) is 4.21. The Bertz CT molecular complexity index is 193. The van der Waals surface area contributed by atoms with Crippen LogP contribution in [0.4, 0.5) is 4.79 Å². The molecular weight excluding hydrogens is 156 g/mol. The minimum atomic E-state index is -0.771. The highest BCUT2D eigenvalue weighted by Crippen LogP contribution is 2.22. The van der Waals surface area contributed by atoms with Gasteiger partial charge in [0.25, 0.3) is 0 Å². The van der Waals surface area contributed by atoms with Gasteiger partial charge in [-0.05, 0) is 19.3 Å². The average Bonchev–Trinajstić information content (AvgIpc) is 2.04. The molecule has 0 bridgehead atoms. The molecule has 2 unspecified atom stereocenters. The zero-order valence-electron chi connectivity index (χ0n) is 7.72. The number of rotatable bonds is 2. The molecule has 1 aliphatic heterocycles. The summed E-state index contributed by atoms with van der Waals surface area (Å²) < 4.78 is 0. The number of carbonyl (C=O) groups excluding carboxylic acids is 1. The van der Waals surface area contributed by atoms with Gasteiger partial charge >= 0.3 is 6.03 Å². The Hall–Kier alpha value is -0.770. The minimum Gasteiger partial charge on any atom is -0.371 e. The van der Waals surface area contributed by atoms with Gasteiger partial charge in [0.1, 0.15) is 0 Å². The van der Waals surface area contributed by atoms with E-state index in [0.717, 1.165) is 6.42 Å². The topological polar surface area (TPSA) is 61.4 Å². The Morgan fingerprint density at radius 2 is 2.25 bits per heavy atom. The van der Waals surface area contributed by atoms with Crippen LogP contribution in [0, 0.1) is 5.92 Å². The fourth-order valence-corrected chi connectivity index (χ4v) is 1.66. The average molecular weight is 172 g/mol. The third-order valence-corrected chi connectivity index (χ3v) is 2.10. The molecule has 0 aromatic heterocycles. The maximum absolute atomic E-state index is 10.9. The second-order valence-corrected chi connectivity index (χ2v) is 4.02. The van der Waals surface area contributed by atoms with Crippen LogP contribution in [0.15, 0.2) is 0 Å². The third kappa shape index (κ3) is 1.69. The van der Waals surface area contributed by atoms with Gasteiger partial charge in [0.05, 0.1) is 5.54 Å². The van der Waals surface area contributed by atoms with E-state index in [1.54, 1.807) is 0 Å². The van der Waals surface area contributed by atoms with Crippen molar-refractivity contribution < 1.29 is 9.90 Å². The quantitative estimate of drug-likeness (QED) is 0.565. The SMILES string of the molecule is CC(C)CC1(C)NC(=O)NC1O. The Kier molecular flexibility index (Phi) is 2.28. The van der Waals surface area contributed by atoms with E-state index in [0.29, 0.717) is 5.92 Å². The van der Waals surface area contributed by atoms with E-state index in [4.69, 9.17) is 0 Å². The van der Waals surface area contributed by atoms with E-state index in [9.17, 15) is 9.90 Å². The molecule has 0 spiro atoms. The van der Waals surface area contributed by atoms with Gasteiger partial charge in [0.2, 0.25) is 0 Å². The Morgan fingerprint density at radius 1 is 1.67 bits per heavy atom. The van der Waals surface area contributed by atoms with Crippen LogP contribution in [0.5, 0.6) is 0 Å². The van der Waals surface area contributed by atoms with Crippen LogP contribution in [0.2, 0.25) is 0 Å². The minimum absolute atomic E-state index is 0.286. The summed E-state index contributed by atoms with van der Waals surface area (Å²) in [5.41, 5.74) is -0.509. The molecule has 70 valence electrons. The van der Waals surface area contributed by atoms with Crippen molar-refractivity contribution in [1.82, 2.24) is 10.6 Å². The predicted molar refractivity (Wildman–Crippen MR) is 45.5 cm³/mol. The lowest BCUT2D eigenvalue weighted by Crippen LogP contribution is -2.47. The fraction of sp³-hybridized carbons (Fsp3) is 0.875. The first-order chi connectivity index (χ1) is 5.44. The predicted octanol–water partition coefficient (Wildman–Crippen LogP) is 0.422. The van der Waals surface area contributed by atoms with Gasteiger partial charge in [-0.25, -0.2) is 4.79 Å². The van der Waals surface area contributed by atoms with E-state index in [1.807, 2.05) is 6.92 Å². The normalized spacial score (nSPS) is 35.1. The summed E-state index contributed by atoms with van der Waals surface area (Å²) in [5, 5.41) is 14.6. The lowest BCUT2D eigenvalue weighted by atomic mass is 9.90. The van der Waals surface area contributed by atoms with Crippen molar-refractivity contribution in [3.63, 3.8) is 0 Å². The Balaban J connectivity index is 2.64. The Labute approximate surface area is 72.3 Å². The second kappa shape index (κ2) is 2.94. The smallest absolute Gasteiger partial charge is 0.317 e. The van der Waals surface area contributed by atoms with Crippen molar-refractivity contribution in [3.05, 3.63) is 0 Å². The molecule has 0 radical (unpaired) electrons. The lowest BCUT2D eigenvalue weighted by molar-refractivity contribution is 0.0783. The number of aliphatic hydroxyl groups excluding tert-OH is 1. The fourth-order valence-electron chi connectivity index (χ4n) is 1.66. The molecule has 3 N–H and O–H groups in total. The van der Waals surface area contributed by atoms with Gasteiger partial charge in [-0.1, -0.05) is 13.8 Å². The second-order valence-electron chi connectivity index (χ2n) is 4.02. The van der Waals surface area contributed by atoms with Crippen molar-refractivity contribution in [3.8, 4) is 0 Å². The molecule has 1 heterocycles. The molecule has 1 aliphatic rings.